The summed E-state index contributed by atoms with van der Waals surface area (Å²) in [4.78, 5) is 4.02. The molecule has 2 rings (SSSR count). The van der Waals surface area contributed by atoms with Gasteiger partial charge in [0, 0.05) is 17.8 Å². The van der Waals surface area contributed by atoms with E-state index in [1.165, 1.54) is 6.07 Å². The molecule has 18 heavy (non-hydrogen) atoms. The molecule has 0 aliphatic rings. The van der Waals surface area contributed by atoms with Crippen LogP contribution >= 0.6 is 0 Å². The van der Waals surface area contributed by atoms with E-state index in [1.807, 2.05) is 13.8 Å². The van der Waals surface area contributed by atoms with Crippen molar-refractivity contribution in [1.29, 1.82) is 0 Å². The van der Waals surface area contributed by atoms with Gasteiger partial charge in [0.2, 0.25) is 0 Å². The van der Waals surface area contributed by atoms with E-state index in [0.29, 0.717) is 5.69 Å². The predicted octanol–water partition coefficient (Wildman–Crippen LogP) is 2.81. The number of nitrogens with two attached hydrogens (primary N) is 1. The van der Waals surface area contributed by atoms with Crippen LogP contribution in [-0.2, 0) is 0 Å². The second-order valence-electron chi connectivity index (χ2n) is 4.56. The first kappa shape index (κ1) is 12.7. The first-order valence-electron chi connectivity index (χ1n) is 5.74. The zero-order chi connectivity index (χ0) is 13.3. The summed E-state index contributed by atoms with van der Waals surface area (Å²) >= 11 is 0. The maximum atomic E-state index is 13.2. The van der Waals surface area contributed by atoms with Crippen LogP contribution in [0.3, 0.4) is 0 Å². The molecule has 0 saturated carbocycles. The van der Waals surface area contributed by atoms with Crippen molar-refractivity contribution < 1.29 is 8.78 Å². The van der Waals surface area contributed by atoms with Gasteiger partial charge in [0.25, 0.3) is 0 Å². The third-order valence-corrected chi connectivity index (χ3v) is 2.91. The van der Waals surface area contributed by atoms with Crippen LogP contribution in [0.5, 0.6) is 0 Å². The number of hydrogen-bond donors (Lipinski definition) is 1. The molecule has 3 nitrogen and oxygen atoms in total. The zero-order valence-corrected chi connectivity index (χ0v) is 10.3. The van der Waals surface area contributed by atoms with Crippen molar-refractivity contribution in [2.24, 2.45) is 11.7 Å². The molecule has 0 aliphatic heterocycles. The molecule has 1 atom stereocenters. The minimum Gasteiger partial charge on any atom is -0.322 e. The Morgan fingerprint density at radius 2 is 1.94 bits per heavy atom. The molecular formula is C13H15F2N3. The van der Waals surface area contributed by atoms with E-state index in [-0.39, 0.29) is 12.0 Å². The fourth-order valence-corrected chi connectivity index (χ4v) is 1.74. The molecule has 2 N–H and O–H groups in total. The topological polar surface area (TPSA) is 43.8 Å². The fourth-order valence-electron chi connectivity index (χ4n) is 1.74. The maximum absolute atomic E-state index is 13.2. The normalized spacial score (nSPS) is 13.0. The van der Waals surface area contributed by atoms with E-state index in [4.69, 9.17) is 5.73 Å². The largest absolute Gasteiger partial charge is 0.322 e. The summed E-state index contributed by atoms with van der Waals surface area (Å²) in [6, 6.07) is 3.51. The Hall–Kier alpha value is -1.75. The minimum absolute atomic E-state index is 0.208. The molecule has 2 aromatic rings. The van der Waals surface area contributed by atoms with Gasteiger partial charge in [0.15, 0.2) is 11.6 Å². The van der Waals surface area contributed by atoms with Crippen LogP contribution in [0.1, 0.15) is 25.6 Å². The molecule has 0 bridgehead atoms. The number of imidazole rings is 1. The van der Waals surface area contributed by atoms with E-state index in [0.717, 1.165) is 17.8 Å². The first-order valence-corrected chi connectivity index (χ1v) is 5.74. The average Bonchev–Trinajstić information content (AvgIpc) is 2.80. The second kappa shape index (κ2) is 4.86. The van der Waals surface area contributed by atoms with Crippen molar-refractivity contribution in [1.82, 2.24) is 9.55 Å². The van der Waals surface area contributed by atoms with Gasteiger partial charge in [-0.25, -0.2) is 13.8 Å². The minimum atomic E-state index is -0.884. The monoisotopic (exact) mass is 251 g/mol. The highest BCUT2D eigenvalue weighted by Gasteiger charge is 2.16. The maximum Gasteiger partial charge on any atom is 0.160 e. The predicted molar refractivity (Wildman–Crippen MR) is 65.2 cm³/mol. The Kier molecular flexibility index (Phi) is 3.43. The molecule has 0 fully saturated rings. The molecule has 0 saturated heterocycles. The summed E-state index contributed by atoms with van der Waals surface area (Å²) in [6.07, 6.45) is 3.19. The molecule has 96 valence electrons. The summed E-state index contributed by atoms with van der Waals surface area (Å²) < 4.78 is 27.8. The Balaban J connectivity index is 2.45. The highest BCUT2D eigenvalue weighted by atomic mass is 19.2. The van der Waals surface area contributed by atoms with Gasteiger partial charge in [0.1, 0.15) is 0 Å². The molecule has 5 heteroatoms. The number of benzene rings is 1. The fraction of sp³-hybridized carbons (Fsp3) is 0.308. The zero-order valence-electron chi connectivity index (χ0n) is 10.3. The molecular weight excluding hydrogens is 236 g/mol. The van der Waals surface area contributed by atoms with Gasteiger partial charge in [-0.15, -0.1) is 0 Å². The van der Waals surface area contributed by atoms with E-state index in [2.05, 4.69) is 4.98 Å². The number of aromatic nitrogens is 2. The quantitative estimate of drug-likeness (QED) is 0.911. The Morgan fingerprint density at radius 3 is 2.56 bits per heavy atom. The van der Waals surface area contributed by atoms with E-state index < -0.39 is 11.6 Å². The van der Waals surface area contributed by atoms with Crippen molar-refractivity contribution in [2.75, 3.05) is 0 Å². The lowest BCUT2D eigenvalue weighted by molar-refractivity contribution is 0.494. The number of nitrogens with zero attached hydrogens (tertiary/aromatic N) is 2. The van der Waals surface area contributed by atoms with Crippen molar-refractivity contribution in [3.63, 3.8) is 0 Å². The van der Waals surface area contributed by atoms with E-state index >= 15 is 0 Å². The molecule has 1 heterocycles. The van der Waals surface area contributed by atoms with Crippen molar-refractivity contribution >= 4 is 0 Å². The van der Waals surface area contributed by atoms with Crippen molar-refractivity contribution in [2.45, 2.75) is 19.9 Å². The van der Waals surface area contributed by atoms with Gasteiger partial charge in [0.05, 0.1) is 18.2 Å². The van der Waals surface area contributed by atoms with Crippen LogP contribution in [0.2, 0.25) is 0 Å². The summed E-state index contributed by atoms with van der Waals surface area (Å²) in [5.74, 6) is -1.52. The molecule has 0 amide bonds. The van der Waals surface area contributed by atoms with Gasteiger partial charge in [-0.05, 0) is 18.1 Å². The second-order valence-corrected chi connectivity index (χ2v) is 4.56. The molecule has 1 aromatic carbocycles. The lowest BCUT2D eigenvalue weighted by Gasteiger charge is -2.17. The summed E-state index contributed by atoms with van der Waals surface area (Å²) in [7, 11) is 0. The first-order chi connectivity index (χ1) is 8.50. The van der Waals surface area contributed by atoms with Crippen LogP contribution in [0.15, 0.2) is 30.7 Å². The Labute approximate surface area is 104 Å². The summed E-state index contributed by atoms with van der Waals surface area (Å²) in [6.45, 7) is 3.99. The number of rotatable bonds is 3. The highest BCUT2D eigenvalue weighted by Crippen LogP contribution is 2.22. The summed E-state index contributed by atoms with van der Waals surface area (Å²) in [5.41, 5.74) is 7.35. The lowest BCUT2D eigenvalue weighted by atomic mass is 10.0. The van der Waals surface area contributed by atoms with Crippen LogP contribution < -0.4 is 5.73 Å². The molecule has 0 spiro atoms. The van der Waals surface area contributed by atoms with Crippen LogP contribution in [0.25, 0.3) is 5.69 Å². The highest BCUT2D eigenvalue weighted by molar-refractivity contribution is 5.35. The lowest BCUT2D eigenvalue weighted by Crippen LogP contribution is -2.19. The third kappa shape index (κ3) is 2.26. The third-order valence-electron chi connectivity index (χ3n) is 2.91. The Morgan fingerprint density at radius 1 is 1.22 bits per heavy atom. The molecule has 0 radical (unpaired) electrons. The summed E-state index contributed by atoms with van der Waals surface area (Å²) in [5, 5.41) is 0. The molecule has 1 aromatic heterocycles. The van der Waals surface area contributed by atoms with Gasteiger partial charge in [-0.1, -0.05) is 13.8 Å². The number of hydrogen-bond acceptors (Lipinski definition) is 2. The van der Waals surface area contributed by atoms with E-state index in [1.54, 1.807) is 17.1 Å². The van der Waals surface area contributed by atoms with Crippen LogP contribution in [0.4, 0.5) is 8.78 Å². The molecule has 1 unspecified atom stereocenters. The van der Waals surface area contributed by atoms with E-state index in [9.17, 15) is 8.78 Å². The molecule has 0 aliphatic carbocycles. The average molecular weight is 251 g/mol. The van der Waals surface area contributed by atoms with Crippen molar-refractivity contribution in [3.05, 3.63) is 48.1 Å². The van der Waals surface area contributed by atoms with Gasteiger partial charge in [-0.3, -0.25) is 0 Å². The standard InChI is InChI=1S/C13H15F2N3/c1-8(2)13(16)12-6-17-7-18(12)9-3-4-10(14)11(15)5-9/h3-8,13H,16H2,1-2H3. The Bertz CT molecular complexity index is 549. The van der Waals surface area contributed by atoms with Gasteiger partial charge < -0.3 is 10.3 Å². The van der Waals surface area contributed by atoms with Crippen LogP contribution in [0, 0.1) is 17.6 Å². The van der Waals surface area contributed by atoms with Gasteiger partial charge in [-0.2, -0.15) is 0 Å². The van der Waals surface area contributed by atoms with Crippen molar-refractivity contribution in [3.8, 4) is 5.69 Å². The SMILES string of the molecule is CC(C)C(N)c1cncn1-c1ccc(F)c(F)c1. The number of halogens is 2. The van der Waals surface area contributed by atoms with Gasteiger partial charge >= 0.3 is 0 Å². The van der Waals surface area contributed by atoms with Crippen LogP contribution in [-0.4, -0.2) is 9.55 Å². The smallest absolute Gasteiger partial charge is 0.160 e.